The summed E-state index contributed by atoms with van der Waals surface area (Å²) in [5, 5.41) is 24.8. The molecule has 1 saturated heterocycles. The molecule has 6 rings (SSSR count). The smallest absolute Gasteiger partial charge is 0.329 e. The van der Waals surface area contributed by atoms with Crippen molar-refractivity contribution >= 4 is 17.9 Å². The minimum atomic E-state index is -2.01. The van der Waals surface area contributed by atoms with E-state index in [0.29, 0.717) is 22.6 Å². The number of hydrogen-bond donors (Lipinski definition) is 2. The molecule has 3 amide bonds. The molecule has 2 N–H and O–H groups in total. The van der Waals surface area contributed by atoms with Crippen LogP contribution in [0, 0.1) is 0 Å². The summed E-state index contributed by atoms with van der Waals surface area (Å²) in [4.78, 5) is 47.5. The predicted molar refractivity (Wildman–Crippen MR) is 219 cm³/mol. The highest BCUT2D eigenvalue weighted by atomic mass is 16.5. The van der Waals surface area contributed by atoms with Gasteiger partial charge in [0.25, 0.3) is 0 Å². The number of benzene rings is 5. The van der Waals surface area contributed by atoms with Crippen LogP contribution in [-0.4, -0.2) is 80.2 Å². The van der Waals surface area contributed by atoms with Crippen LogP contribution in [0.25, 0.3) is 0 Å². The maximum Gasteiger partial charge on any atom is 0.329 e. The molecule has 57 heavy (non-hydrogen) atoms. The minimum Gasteiger partial charge on any atom is -0.491 e. The van der Waals surface area contributed by atoms with Crippen LogP contribution in [0.3, 0.4) is 0 Å². The summed E-state index contributed by atoms with van der Waals surface area (Å²) in [6.45, 7) is 7.56. The second-order valence-electron chi connectivity index (χ2n) is 15.0. The molecule has 5 aromatic rings. The molecule has 1 aliphatic rings. The number of urea groups is 1. The third-order valence-electron chi connectivity index (χ3n) is 10.2. The quantitative estimate of drug-likeness (QED) is 0.107. The molecule has 0 saturated carbocycles. The monoisotopic (exact) mass is 769 g/mol. The van der Waals surface area contributed by atoms with Crippen molar-refractivity contribution in [2.45, 2.75) is 83.1 Å². The van der Waals surface area contributed by atoms with Crippen LogP contribution in [0.2, 0.25) is 0 Å². The zero-order valence-electron chi connectivity index (χ0n) is 33.1. The van der Waals surface area contributed by atoms with Gasteiger partial charge in [-0.15, -0.1) is 0 Å². The number of nitrogens with zero attached hydrogens (tertiary/aromatic N) is 3. The largest absolute Gasteiger partial charge is 0.491 e. The highest BCUT2D eigenvalue weighted by Crippen LogP contribution is 2.46. The standard InChI is InChI=1S/C47H51N3O7/c1-32(2)56-39-27-17-15-25-37(39)47(55,38-26-16-18-28-40(38)57-33(3)4)41(29-34-19-9-6-10-20-34)48(5)44(51)42-43(45(52)53)50(31-36-23-13-8-14-24-36)46(54)49(42)30-35-21-11-7-12-22-35/h6-28,32-33,41-43,55H,29-31H2,1-5H3,(H,52,53). The van der Waals surface area contributed by atoms with Gasteiger partial charge in [-0.2, -0.15) is 0 Å². The van der Waals surface area contributed by atoms with Crippen LogP contribution in [0.1, 0.15) is 55.5 Å². The molecule has 0 radical (unpaired) electrons. The lowest BCUT2D eigenvalue weighted by molar-refractivity contribution is -0.150. The summed E-state index contributed by atoms with van der Waals surface area (Å²) in [6.07, 6.45) is -0.379. The fraction of sp³-hybridized carbons (Fsp3) is 0.298. The van der Waals surface area contributed by atoms with Gasteiger partial charge in [0.2, 0.25) is 5.91 Å². The zero-order valence-corrected chi connectivity index (χ0v) is 33.1. The number of amides is 3. The Kier molecular flexibility index (Phi) is 12.6. The Morgan fingerprint density at radius 1 is 0.632 bits per heavy atom. The topological polar surface area (TPSA) is 120 Å². The van der Waals surface area contributed by atoms with Crippen molar-refractivity contribution in [2.75, 3.05) is 7.05 Å². The van der Waals surface area contributed by atoms with Crippen LogP contribution >= 0.6 is 0 Å². The molecule has 0 aromatic heterocycles. The molecule has 10 nitrogen and oxygen atoms in total. The molecule has 0 spiro atoms. The fourth-order valence-corrected chi connectivity index (χ4v) is 7.72. The van der Waals surface area contributed by atoms with E-state index in [0.717, 1.165) is 16.7 Å². The Morgan fingerprint density at radius 3 is 1.44 bits per heavy atom. The van der Waals surface area contributed by atoms with Gasteiger partial charge in [0.1, 0.15) is 23.1 Å². The number of para-hydroxylation sites is 2. The Balaban J connectivity index is 1.56. The number of aliphatic carboxylic acids is 1. The summed E-state index contributed by atoms with van der Waals surface area (Å²) in [6, 6.07) is 37.5. The lowest BCUT2D eigenvalue weighted by Crippen LogP contribution is -2.59. The van der Waals surface area contributed by atoms with E-state index in [4.69, 9.17) is 9.47 Å². The first kappa shape index (κ1) is 40.5. The number of carboxylic acid groups (broad SMARTS) is 1. The average Bonchev–Trinajstić information content (AvgIpc) is 3.47. The van der Waals surface area contributed by atoms with Crippen LogP contribution in [0.5, 0.6) is 11.5 Å². The summed E-state index contributed by atoms with van der Waals surface area (Å²) >= 11 is 0. The number of hydrogen-bond acceptors (Lipinski definition) is 6. The molecule has 296 valence electrons. The molecule has 5 aromatic carbocycles. The van der Waals surface area contributed by atoms with Gasteiger partial charge in [-0.1, -0.05) is 127 Å². The van der Waals surface area contributed by atoms with Crippen LogP contribution in [0.4, 0.5) is 4.79 Å². The highest BCUT2D eigenvalue weighted by Gasteiger charge is 2.56. The van der Waals surface area contributed by atoms with Crippen LogP contribution < -0.4 is 9.47 Å². The first-order valence-corrected chi connectivity index (χ1v) is 19.3. The van der Waals surface area contributed by atoms with Gasteiger partial charge in [0.15, 0.2) is 6.04 Å². The summed E-state index contributed by atoms with van der Waals surface area (Å²) in [5.41, 5.74) is 1.04. The van der Waals surface area contributed by atoms with Crippen molar-refractivity contribution in [2.24, 2.45) is 0 Å². The molecule has 10 heteroatoms. The van der Waals surface area contributed by atoms with E-state index in [1.165, 1.54) is 14.7 Å². The number of likely N-dealkylation sites (N-methyl/N-ethyl adjacent to an activating group) is 1. The molecule has 3 atom stereocenters. The Hall–Kier alpha value is -6.13. The first-order chi connectivity index (χ1) is 27.4. The Morgan fingerprint density at radius 2 is 1.02 bits per heavy atom. The van der Waals surface area contributed by atoms with E-state index in [2.05, 4.69) is 0 Å². The van der Waals surface area contributed by atoms with E-state index in [-0.39, 0.29) is 31.7 Å². The maximum absolute atomic E-state index is 15.5. The van der Waals surface area contributed by atoms with Crippen molar-refractivity contribution in [1.82, 2.24) is 14.7 Å². The van der Waals surface area contributed by atoms with E-state index in [1.807, 2.05) is 131 Å². The van der Waals surface area contributed by atoms with Crippen molar-refractivity contribution in [3.63, 3.8) is 0 Å². The normalized spacial score (nSPS) is 16.2. The van der Waals surface area contributed by atoms with E-state index >= 15 is 4.79 Å². The molecule has 1 aliphatic heterocycles. The van der Waals surface area contributed by atoms with Gasteiger partial charge < -0.3 is 34.4 Å². The third kappa shape index (κ3) is 8.81. The van der Waals surface area contributed by atoms with E-state index in [9.17, 15) is 19.8 Å². The lowest BCUT2D eigenvalue weighted by atomic mass is 9.76. The van der Waals surface area contributed by atoms with Crippen molar-refractivity contribution in [3.8, 4) is 11.5 Å². The van der Waals surface area contributed by atoms with E-state index in [1.54, 1.807) is 43.4 Å². The van der Waals surface area contributed by atoms with Gasteiger partial charge >= 0.3 is 12.0 Å². The fourth-order valence-electron chi connectivity index (χ4n) is 7.72. The van der Waals surface area contributed by atoms with Crippen molar-refractivity contribution in [3.05, 3.63) is 167 Å². The van der Waals surface area contributed by atoms with Gasteiger partial charge in [0.05, 0.1) is 18.2 Å². The molecule has 3 unspecified atom stereocenters. The SMILES string of the molecule is CC(C)Oc1ccccc1C(O)(c1ccccc1OC(C)C)C(Cc1ccccc1)N(C)C(=O)C1C(C(=O)O)N(Cc2ccccc2)C(=O)N1Cc1ccccc1. The van der Waals surface area contributed by atoms with Crippen LogP contribution in [-0.2, 0) is 34.7 Å². The zero-order chi connectivity index (χ0) is 40.7. The van der Waals surface area contributed by atoms with Gasteiger partial charge in [-0.3, -0.25) is 4.79 Å². The maximum atomic E-state index is 15.5. The summed E-state index contributed by atoms with van der Waals surface area (Å²) in [5.74, 6) is -1.14. The second kappa shape index (κ2) is 17.8. The summed E-state index contributed by atoms with van der Waals surface area (Å²) < 4.78 is 12.7. The van der Waals surface area contributed by atoms with E-state index < -0.39 is 41.6 Å². The van der Waals surface area contributed by atoms with Crippen molar-refractivity contribution in [1.29, 1.82) is 0 Å². The number of ether oxygens (including phenoxy) is 2. The highest BCUT2D eigenvalue weighted by molar-refractivity contribution is 5.98. The lowest BCUT2D eigenvalue weighted by Gasteiger charge is -2.44. The van der Waals surface area contributed by atoms with Gasteiger partial charge in [-0.25, -0.2) is 9.59 Å². The van der Waals surface area contributed by atoms with Crippen molar-refractivity contribution < 1.29 is 34.1 Å². The molecular weight excluding hydrogens is 719 g/mol. The second-order valence-corrected chi connectivity index (χ2v) is 15.0. The minimum absolute atomic E-state index is 0.0112. The predicted octanol–water partition coefficient (Wildman–Crippen LogP) is 7.53. The molecular formula is C47H51N3O7. The third-order valence-corrected chi connectivity index (χ3v) is 10.2. The summed E-state index contributed by atoms with van der Waals surface area (Å²) in [7, 11) is 1.57. The number of carbonyl (C=O) groups is 3. The average molecular weight is 770 g/mol. The molecule has 1 fully saturated rings. The van der Waals surface area contributed by atoms with Gasteiger partial charge in [-0.05, 0) is 62.9 Å². The molecule has 1 heterocycles. The molecule has 0 aliphatic carbocycles. The Labute approximate surface area is 334 Å². The van der Waals surface area contributed by atoms with Gasteiger partial charge in [0, 0.05) is 31.3 Å². The number of carbonyl (C=O) groups excluding carboxylic acids is 2. The molecule has 0 bridgehead atoms. The number of rotatable bonds is 16. The first-order valence-electron chi connectivity index (χ1n) is 19.3. The number of aliphatic hydroxyl groups is 1. The Bertz CT molecular complexity index is 2070. The number of carboxylic acids is 1. The van der Waals surface area contributed by atoms with Crippen LogP contribution in [0.15, 0.2) is 140 Å².